The van der Waals surface area contributed by atoms with Gasteiger partial charge in [0.2, 0.25) is 0 Å². The number of nitrogens with zero attached hydrogens (tertiary/aromatic N) is 1. The van der Waals surface area contributed by atoms with E-state index in [1.165, 1.54) is 12.8 Å². The average Bonchev–Trinajstić information content (AvgIpc) is 2.10. The van der Waals surface area contributed by atoms with E-state index in [9.17, 15) is 0 Å². The summed E-state index contributed by atoms with van der Waals surface area (Å²) < 4.78 is 0. The van der Waals surface area contributed by atoms with Crippen LogP contribution in [0.2, 0.25) is 0 Å². The Labute approximate surface area is 96.2 Å². The van der Waals surface area contributed by atoms with Gasteiger partial charge in [0.15, 0.2) is 0 Å². The molecule has 0 aromatic heterocycles. The Morgan fingerprint density at radius 3 is 1.87 bits per heavy atom. The highest BCUT2D eigenvalue weighted by atomic mass is 15.1. The lowest BCUT2D eigenvalue weighted by Crippen LogP contribution is -2.46. The lowest BCUT2D eigenvalue weighted by atomic mass is 9.90. The lowest BCUT2D eigenvalue weighted by molar-refractivity contribution is 0.127. The molecule has 2 heteroatoms. The van der Waals surface area contributed by atoms with Crippen molar-refractivity contribution in [3.8, 4) is 0 Å². The summed E-state index contributed by atoms with van der Waals surface area (Å²) >= 11 is 0. The Balaban J connectivity index is 4.38. The van der Waals surface area contributed by atoms with Crippen molar-refractivity contribution in [1.82, 2.24) is 4.90 Å². The van der Waals surface area contributed by atoms with Crippen LogP contribution in [0.15, 0.2) is 0 Å². The first-order valence-corrected chi connectivity index (χ1v) is 6.26. The van der Waals surface area contributed by atoms with Gasteiger partial charge in [-0.2, -0.15) is 0 Å². The molecule has 0 aromatic carbocycles. The molecule has 2 N–H and O–H groups in total. The van der Waals surface area contributed by atoms with E-state index in [1.54, 1.807) is 0 Å². The van der Waals surface area contributed by atoms with Crippen molar-refractivity contribution in [3.63, 3.8) is 0 Å². The van der Waals surface area contributed by atoms with Crippen molar-refractivity contribution in [2.45, 2.75) is 53.5 Å². The molecule has 0 heterocycles. The molecule has 1 atom stereocenters. The summed E-state index contributed by atoms with van der Waals surface area (Å²) in [5, 5.41) is 0. The van der Waals surface area contributed by atoms with Crippen molar-refractivity contribution < 1.29 is 0 Å². The maximum atomic E-state index is 5.90. The van der Waals surface area contributed by atoms with Crippen molar-refractivity contribution in [2.24, 2.45) is 17.1 Å². The molecule has 0 amide bonds. The van der Waals surface area contributed by atoms with Gasteiger partial charge in [0.1, 0.15) is 0 Å². The fourth-order valence-corrected chi connectivity index (χ4v) is 2.43. The zero-order chi connectivity index (χ0) is 12.1. The predicted octanol–water partition coefficient (Wildman–Crippen LogP) is 2.73. The molecule has 0 spiro atoms. The molecule has 2 nitrogen and oxygen atoms in total. The minimum Gasteiger partial charge on any atom is -0.329 e. The second-order valence-corrected chi connectivity index (χ2v) is 5.86. The number of likely N-dealkylation sites (N-methyl/N-ethyl adjacent to an activating group) is 1. The Morgan fingerprint density at radius 1 is 1.13 bits per heavy atom. The van der Waals surface area contributed by atoms with Gasteiger partial charge in [-0.3, -0.25) is 0 Å². The largest absolute Gasteiger partial charge is 0.329 e. The number of nitrogens with two attached hydrogens (primary N) is 1. The molecule has 0 bridgehead atoms. The highest BCUT2D eigenvalue weighted by Gasteiger charge is 2.24. The fraction of sp³-hybridized carbons (Fsp3) is 1.00. The van der Waals surface area contributed by atoms with Crippen LogP contribution in [0.1, 0.15) is 47.5 Å². The molecule has 92 valence electrons. The van der Waals surface area contributed by atoms with Gasteiger partial charge < -0.3 is 10.6 Å². The predicted molar refractivity (Wildman–Crippen MR) is 69.0 cm³/mol. The molecule has 0 saturated heterocycles. The quantitative estimate of drug-likeness (QED) is 0.736. The maximum absolute atomic E-state index is 5.90. The molecular weight excluding hydrogens is 184 g/mol. The van der Waals surface area contributed by atoms with Crippen LogP contribution in [-0.4, -0.2) is 31.1 Å². The highest BCUT2D eigenvalue weighted by molar-refractivity contribution is 4.79. The normalized spacial score (nSPS) is 15.0. The number of rotatable bonds is 6. The van der Waals surface area contributed by atoms with E-state index in [0.717, 1.165) is 19.0 Å². The molecule has 15 heavy (non-hydrogen) atoms. The standard InChI is InChI=1S/C13H30N2/c1-7-11(8-2)12(9-14)15(6)10-13(3,4)5/h11-12H,7-10,14H2,1-6H3. The van der Waals surface area contributed by atoms with E-state index < -0.39 is 0 Å². The van der Waals surface area contributed by atoms with E-state index in [-0.39, 0.29) is 0 Å². The van der Waals surface area contributed by atoms with Gasteiger partial charge in [0, 0.05) is 19.1 Å². The third kappa shape index (κ3) is 5.53. The van der Waals surface area contributed by atoms with Crippen LogP contribution in [0, 0.1) is 11.3 Å². The van der Waals surface area contributed by atoms with E-state index in [2.05, 4.69) is 46.6 Å². The molecule has 0 aliphatic carbocycles. The molecular formula is C13H30N2. The van der Waals surface area contributed by atoms with E-state index >= 15 is 0 Å². The summed E-state index contributed by atoms with van der Waals surface area (Å²) in [5.74, 6) is 0.738. The molecule has 1 unspecified atom stereocenters. The minimum absolute atomic E-state index is 0.355. The van der Waals surface area contributed by atoms with E-state index in [4.69, 9.17) is 5.73 Å². The summed E-state index contributed by atoms with van der Waals surface area (Å²) in [6.45, 7) is 13.3. The van der Waals surface area contributed by atoms with Crippen molar-refractivity contribution in [1.29, 1.82) is 0 Å². The van der Waals surface area contributed by atoms with Gasteiger partial charge in [-0.15, -0.1) is 0 Å². The van der Waals surface area contributed by atoms with E-state index in [0.29, 0.717) is 11.5 Å². The third-order valence-corrected chi connectivity index (χ3v) is 3.12. The topological polar surface area (TPSA) is 29.3 Å². The first kappa shape index (κ1) is 14.9. The van der Waals surface area contributed by atoms with Crippen LogP contribution in [0.5, 0.6) is 0 Å². The van der Waals surface area contributed by atoms with Gasteiger partial charge in [-0.05, 0) is 18.4 Å². The van der Waals surface area contributed by atoms with Crippen LogP contribution in [0.25, 0.3) is 0 Å². The second-order valence-electron chi connectivity index (χ2n) is 5.86. The second kappa shape index (κ2) is 6.49. The summed E-state index contributed by atoms with van der Waals surface area (Å²) in [7, 11) is 2.21. The van der Waals surface area contributed by atoms with Crippen molar-refractivity contribution in [2.75, 3.05) is 20.1 Å². The first-order chi connectivity index (χ1) is 6.85. The maximum Gasteiger partial charge on any atom is 0.0243 e. The van der Waals surface area contributed by atoms with Gasteiger partial charge in [-0.1, -0.05) is 47.5 Å². The van der Waals surface area contributed by atoms with Crippen LogP contribution in [0.3, 0.4) is 0 Å². The molecule has 0 aliphatic heterocycles. The number of hydrogen-bond donors (Lipinski definition) is 1. The van der Waals surface area contributed by atoms with Gasteiger partial charge in [-0.25, -0.2) is 0 Å². The Morgan fingerprint density at radius 2 is 1.60 bits per heavy atom. The van der Waals surface area contributed by atoms with Crippen molar-refractivity contribution in [3.05, 3.63) is 0 Å². The summed E-state index contributed by atoms with van der Waals surface area (Å²) in [5.41, 5.74) is 6.26. The summed E-state index contributed by atoms with van der Waals surface area (Å²) in [4.78, 5) is 2.44. The van der Waals surface area contributed by atoms with Crippen LogP contribution < -0.4 is 5.73 Å². The Bertz CT molecular complexity index is 156. The first-order valence-electron chi connectivity index (χ1n) is 6.26. The van der Waals surface area contributed by atoms with E-state index in [1.807, 2.05) is 0 Å². The Hall–Kier alpha value is -0.0800. The lowest BCUT2D eigenvalue weighted by Gasteiger charge is -2.36. The van der Waals surface area contributed by atoms with Crippen LogP contribution in [0.4, 0.5) is 0 Å². The molecule has 0 fully saturated rings. The van der Waals surface area contributed by atoms with Crippen LogP contribution >= 0.6 is 0 Å². The van der Waals surface area contributed by atoms with Crippen molar-refractivity contribution >= 4 is 0 Å². The molecule has 0 saturated carbocycles. The van der Waals surface area contributed by atoms with Gasteiger partial charge in [0.05, 0.1) is 0 Å². The molecule has 0 rings (SSSR count). The van der Waals surface area contributed by atoms with Crippen LogP contribution in [-0.2, 0) is 0 Å². The molecule has 0 aliphatic rings. The zero-order valence-electron chi connectivity index (χ0n) is 11.5. The Kier molecular flexibility index (Phi) is 6.46. The minimum atomic E-state index is 0.355. The summed E-state index contributed by atoms with van der Waals surface area (Å²) in [6.07, 6.45) is 2.46. The number of hydrogen-bond acceptors (Lipinski definition) is 2. The van der Waals surface area contributed by atoms with Gasteiger partial charge in [0.25, 0.3) is 0 Å². The molecule has 0 radical (unpaired) electrons. The molecule has 0 aromatic rings. The fourth-order valence-electron chi connectivity index (χ4n) is 2.43. The highest BCUT2D eigenvalue weighted by Crippen LogP contribution is 2.21. The summed E-state index contributed by atoms with van der Waals surface area (Å²) in [6, 6.07) is 0.541. The smallest absolute Gasteiger partial charge is 0.0243 e. The average molecular weight is 214 g/mol. The zero-order valence-corrected chi connectivity index (χ0v) is 11.5. The SMILES string of the molecule is CCC(CC)C(CN)N(C)CC(C)(C)C. The van der Waals surface area contributed by atoms with Gasteiger partial charge >= 0.3 is 0 Å². The monoisotopic (exact) mass is 214 g/mol. The third-order valence-electron chi connectivity index (χ3n) is 3.12.